The Morgan fingerprint density at radius 2 is 1.87 bits per heavy atom. The molecule has 0 aliphatic carbocycles. The average molecular weight is 433 g/mol. The lowest BCUT2D eigenvalue weighted by atomic mass is 10.1. The van der Waals surface area contributed by atoms with E-state index in [1.54, 1.807) is 0 Å². The smallest absolute Gasteiger partial charge is 0.351 e. The maximum atomic E-state index is 14.1. The molecule has 0 unspecified atom stereocenters. The van der Waals surface area contributed by atoms with E-state index in [1.165, 1.54) is 0 Å². The first-order valence-corrected chi connectivity index (χ1v) is 9.54. The number of aliphatic hydroxyl groups excluding tert-OH is 3. The van der Waals surface area contributed by atoms with Crippen LogP contribution in [0.1, 0.15) is 44.8 Å². The van der Waals surface area contributed by atoms with Crippen molar-refractivity contribution in [1.29, 1.82) is 0 Å². The van der Waals surface area contributed by atoms with Gasteiger partial charge < -0.3 is 25.4 Å². The summed E-state index contributed by atoms with van der Waals surface area (Å²) in [5, 5.41) is 29.6. The third kappa shape index (κ3) is 5.88. The SMILES string of the molecule is O=C(CO)CCCCCCC(=O)Nc1ccn([C@@H]2O[C@H](CO)[C@@H](O)C2(F)F)c(=O)n1. The van der Waals surface area contributed by atoms with Crippen LogP contribution in [0.4, 0.5) is 14.6 Å². The zero-order chi connectivity index (χ0) is 22.3. The van der Waals surface area contributed by atoms with E-state index in [1.807, 2.05) is 0 Å². The van der Waals surface area contributed by atoms with E-state index >= 15 is 0 Å². The van der Waals surface area contributed by atoms with Crippen LogP contribution in [-0.4, -0.2) is 67.9 Å². The number of aromatic nitrogens is 2. The van der Waals surface area contributed by atoms with Crippen LogP contribution in [0.5, 0.6) is 0 Å². The minimum Gasteiger partial charge on any atom is -0.394 e. The van der Waals surface area contributed by atoms with E-state index in [-0.39, 0.29) is 18.0 Å². The number of aliphatic hydroxyl groups is 3. The highest BCUT2D eigenvalue weighted by Crippen LogP contribution is 2.41. The third-order valence-corrected chi connectivity index (χ3v) is 4.70. The number of carbonyl (C=O) groups excluding carboxylic acids is 2. The van der Waals surface area contributed by atoms with Crippen LogP contribution in [0.2, 0.25) is 0 Å². The predicted molar refractivity (Wildman–Crippen MR) is 98.9 cm³/mol. The van der Waals surface area contributed by atoms with Crippen LogP contribution >= 0.6 is 0 Å². The van der Waals surface area contributed by atoms with Gasteiger partial charge in [0.1, 0.15) is 18.5 Å². The molecule has 30 heavy (non-hydrogen) atoms. The van der Waals surface area contributed by atoms with Gasteiger partial charge in [-0.2, -0.15) is 13.8 Å². The fourth-order valence-corrected chi connectivity index (χ4v) is 3.02. The molecular formula is C18H25F2N3O7. The first-order valence-electron chi connectivity index (χ1n) is 9.54. The van der Waals surface area contributed by atoms with Crippen molar-refractivity contribution < 1.29 is 38.4 Å². The third-order valence-electron chi connectivity index (χ3n) is 4.70. The number of amides is 1. The van der Waals surface area contributed by atoms with Gasteiger partial charge in [0, 0.05) is 19.0 Å². The van der Waals surface area contributed by atoms with Crippen molar-refractivity contribution in [2.75, 3.05) is 18.5 Å². The lowest BCUT2D eigenvalue weighted by Crippen LogP contribution is -2.41. The van der Waals surface area contributed by atoms with E-state index in [4.69, 9.17) is 14.9 Å². The van der Waals surface area contributed by atoms with Gasteiger partial charge in [-0.25, -0.2) is 4.79 Å². The van der Waals surface area contributed by atoms with Crippen molar-refractivity contribution in [3.63, 3.8) is 0 Å². The van der Waals surface area contributed by atoms with Crippen molar-refractivity contribution in [1.82, 2.24) is 9.55 Å². The average Bonchev–Trinajstić information content (AvgIpc) is 2.93. The molecule has 1 fully saturated rings. The van der Waals surface area contributed by atoms with E-state index < -0.39 is 49.2 Å². The standard InChI is InChI=1S/C18H25F2N3O7/c19-18(20)15(28)12(10-25)30-16(18)23-8-7-13(22-17(23)29)21-14(27)6-4-2-1-3-5-11(26)9-24/h7-8,12,15-16,24-25,28H,1-6,9-10H2,(H,21,22,27,29)/t12-,15-,16-/m1/s1. The second kappa shape index (κ2) is 10.7. The Morgan fingerprint density at radius 1 is 1.20 bits per heavy atom. The summed E-state index contributed by atoms with van der Waals surface area (Å²) in [6, 6.07) is 1.15. The number of carbonyl (C=O) groups is 2. The number of ether oxygens (including phenoxy) is 1. The molecule has 0 radical (unpaired) electrons. The molecule has 0 saturated carbocycles. The Balaban J connectivity index is 1.86. The zero-order valence-corrected chi connectivity index (χ0v) is 16.2. The van der Waals surface area contributed by atoms with Gasteiger partial charge in [0.25, 0.3) is 0 Å². The molecule has 0 aromatic carbocycles. The number of alkyl halides is 2. The van der Waals surface area contributed by atoms with E-state index in [0.29, 0.717) is 30.3 Å². The first-order chi connectivity index (χ1) is 14.2. The summed E-state index contributed by atoms with van der Waals surface area (Å²) < 4.78 is 33.6. The largest absolute Gasteiger partial charge is 0.394 e. The molecule has 168 valence electrons. The summed E-state index contributed by atoms with van der Waals surface area (Å²) in [6.45, 7) is -1.32. The highest BCUT2D eigenvalue weighted by Gasteiger charge is 2.59. The fourth-order valence-electron chi connectivity index (χ4n) is 3.02. The van der Waals surface area contributed by atoms with E-state index in [2.05, 4.69) is 10.3 Å². The Bertz CT molecular complexity index is 802. The molecule has 1 amide bonds. The van der Waals surface area contributed by atoms with Crippen molar-refractivity contribution >= 4 is 17.5 Å². The van der Waals surface area contributed by atoms with Gasteiger partial charge >= 0.3 is 11.6 Å². The van der Waals surface area contributed by atoms with Gasteiger partial charge in [-0.1, -0.05) is 12.8 Å². The van der Waals surface area contributed by atoms with Gasteiger partial charge in [-0.15, -0.1) is 0 Å². The number of halogens is 2. The number of nitrogens with zero attached hydrogens (tertiary/aromatic N) is 2. The van der Waals surface area contributed by atoms with Crippen LogP contribution in [-0.2, 0) is 14.3 Å². The molecule has 0 spiro atoms. The second-order valence-electron chi connectivity index (χ2n) is 6.99. The number of anilines is 1. The minimum absolute atomic E-state index is 0.115. The molecular weight excluding hydrogens is 408 g/mol. The first kappa shape index (κ1) is 24.0. The molecule has 1 aliphatic rings. The predicted octanol–water partition coefficient (Wildman–Crippen LogP) is -0.0303. The molecule has 0 bridgehead atoms. The summed E-state index contributed by atoms with van der Waals surface area (Å²) in [5.74, 6) is -4.57. The van der Waals surface area contributed by atoms with Crippen LogP contribution in [0.15, 0.2) is 17.1 Å². The number of rotatable bonds is 11. The minimum atomic E-state index is -3.81. The maximum absolute atomic E-state index is 14.1. The molecule has 10 nitrogen and oxygen atoms in total. The number of hydrogen-bond donors (Lipinski definition) is 4. The molecule has 1 aromatic rings. The van der Waals surface area contributed by atoms with Gasteiger partial charge in [0.2, 0.25) is 12.1 Å². The fraction of sp³-hybridized carbons (Fsp3) is 0.667. The zero-order valence-electron chi connectivity index (χ0n) is 16.2. The number of Topliss-reactive ketones (excluding diaryl/α,β-unsaturated/α-hetero) is 1. The molecule has 4 N–H and O–H groups in total. The van der Waals surface area contributed by atoms with Crippen LogP contribution < -0.4 is 11.0 Å². The van der Waals surface area contributed by atoms with Gasteiger partial charge in [-0.05, 0) is 18.9 Å². The lowest BCUT2D eigenvalue weighted by Gasteiger charge is -2.21. The molecule has 3 atom stereocenters. The molecule has 1 aromatic heterocycles. The number of ketones is 1. The second-order valence-corrected chi connectivity index (χ2v) is 6.99. The van der Waals surface area contributed by atoms with Gasteiger partial charge in [0.05, 0.1) is 6.61 Å². The number of unbranched alkanes of at least 4 members (excludes halogenated alkanes) is 3. The Morgan fingerprint density at radius 3 is 2.43 bits per heavy atom. The summed E-state index contributed by atoms with van der Waals surface area (Å²) in [6.07, 6.45) is -1.96. The number of nitrogens with one attached hydrogen (secondary N) is 1. The summed E-state index contributed by atoms with van der Waals surface area (Å²) in [4.78, 5) is 38.5. The molecule has 2 rings (SSSR count). The van der Waals surface area contributed by atoms with Crippen molar-refractivity contribution in [2.45, 2.75) is 62.9 Å². The Hall–Kier alpha value is -2.28. The van der Waals surface area contributed by atoms with Gasteiger partial charge in [0.15, 0.2) is 11.9 Å². The van der Waals surface area contributed by atoms with Crippen LogP contribution in [0.3, 0.4) is 0 Å². The van der Waals surface area contributed by atoms with Crippen LogP contribution in [0.25, 0.3) is 0 Å². The van der Waals surface area contributed by atoms with Crippen molar-refractivity contribution in [3.8, 4) is 0 Å². The summed E-state index contributed by atoms with van der Waals surface area (Å²) in [7, 11) is 0. The Labute approximate surface area is 170 Å². The van der Waals surface area contributed by atoms with Crippen molar-refractivity contribution in [3.05, 3.63) is 22.7 Å². The van der Waals surface area contributed by atoms with E-state index in [0.717, 1.165) is 18.7 Å². The molecule has 12 heteroatoms. The maximum Gasteiger partial charge on any atom is 0.351 e. The topological polar surface area (TPSA) is 151 Å². The van der Waals surface area contributed by atoms with Crippen LogP contribution in [0, 0.1) is 0 Å². The lowest BCUT2D eigenvalue weighted by molar-refractivity contribution is -0.141. The van der Waals surface area contributed by atoms with Gasteiger partial charge in [-0.3, -0.25) is 14.2 Å². The highest BCUT2D eigenvalue weighted by molar-refractivity contribution is 5.89. The van der Waals surface area contributed by atoms with E-state index in [9.17, 15) is 28.3 Å². The normalized spacial score (nSPS) is 22.8. The number of hydrogen-bond acceptors (Lipinski definition) is 8. The molecule has 2 heterocycles. The van der Waals surface area contributed by atoms with Crippen molar-refractivity contribution in [2.24, 2.45) is 0 Å². The molecule has 1 saturated heterocycles. The Kier molecular flexibility index (Phi) is 8.53. The quantitative estimate of drug-likeness (QED) is 0.355. The summed E-state index contributed by atoms with van der Waals surface area (Å²) in [5.41, 5.74) is -1.11. The molecule has 1 aliphatic heterocycles. The monoisotopic (exact) mass is 433 g/mol. The highest BCUT2D eigenvalue weighted by atomic mass is 19.3. The summed E-state index contributed by atoms with van der Waals surface area (Å²) >= 11 is 0.